The van der Waals surface area contributed by atoms with Gasteiger partial charge in [0.25, 0.3) is 0 Å². The summed E-state index contributed by atoms with van der Waals surface area (Å²) in [6.45, 7) is 2.06. The maximum Gasteiger partial charge on any atom is 0.416 e. The predicted molar refractivity (Wildman–Crippen MR) is 97.8 cm³/mol. The second kappa shape index (κ2) is 5.84. The smallest absolute Gasteiger partial charge is 0.200 e. The van der Waals surface area contributed by atoms with Gasteiger partial charge in [-0.15, -0.1) is 0 Å². The highest BCUT2D eigenvalue weighted by Gasteiger charge is 2.31. The molecule has 0 bridgehead atoms. The summed E-state index contributed by atoms with van der Waals surface area (Å²) in [4.78, 5) is 0. The van der Waals surface area contributed by atoms with E-state index in [0.29, 0.717) is 5.39 Å². The first-order valence-electron chi connectivity index (χ1n) is 8.34. The van der Waals surface area contributed by atoms with Gasteiger partial charge in [0, 0.05) is 6.07 Å². The zero-order valence-electron chi connectivity index (χ0n) is 14.4. The van der Waals surface area contributed by atoms with E-state index < -0.39 is 11.7 Å². The van der Waals surface area contributed by atoms with Gasteiger partial charge in [-0.05, 0) is 52.9 Å². The molecule has 0 amide bonds. The quantitative estimate of drug-likeness (QED) is 0.381. The van der Waals surface area contributed by atoms with Crippen LogP contribution in [-0.4, -0.2) is 0 Å². The van der Waals surface area contributed by atoms with Gasteiger partial charge < -0.3 is 0 Å². The molecule has 3 aromatic carbocycles. The van der Waals surface area contributed by atoms with Crippen molar-refractivity contribution in [3.05, 3.63) is 78.0 Å². The summed E-state index contributed by atoms with van der Waals surface area (Å²) < 4.78 is 41.1. The molecule has 0 unspecified atom stereocenters. The van der Waals surface area contributed by atoms with Crippen LogP contribution in [0.1, 0.15) is 11.1 Å². The van der Waals surface area contributed by atoms with Gasteiger partial charge in [-0.2, -0.15) is 13.2 Å². The van der Waals surface area contributed by atoms with Crippen molar-refractivity contribution in [2.24, 2.45) is 7.05 Å². The maximum atomic E-state index is 13.1. The van der Waals surface area contributed by atoms with Crippen molar-refractivity contribution in [2.75, 3.05) is 0 Å². The Balaban J connectivity index is 2.02. The first kappa shape index (κ1) is 16.6. The number of hydrogen-bond donors (Lipinski definition) is 0. The molecule has 1 heterocycles. The van der Waals surface area contributed by atoms with Crippen LogP contribution in [0.25, 0.3) is 32.8 Å². The Kier molecular flexibility index (Phi) is 3.72. The fourth-order valence-electron chi connectivity index (χ4n) is 3.57. The first-order valence-corrected chi connectivity index (χ1v) is 8.34. The molecule has 1 aromatic heterocycles. The van der Waals surface area contributed by atoms with Gasteiger partial charge in [-0.3, -0.25) is 0 Å². The summed E-state index contributed by atoms with van der Waals surface area (Å²) >= 11 is 0. The highest BCUT2D eigenvalue weighted by molar-refractivity contribution is 5.98. The van der Waals surface area contributed by atoms with Crippen molar-refractivity contribution < 1.29 is 17.7 Å². The van der Waals surface area contributed by atoms with E-state index in [1.807, 2.05) is 36.0 Å². The molecule has 130 valence electrons. The molecule has 4 aromatic rings. The van der Waals surface area contributed by atoms with E-state index in [1.165, 1.54) is 6.07 Å². The molecule has 0 atom stereocenters. The molecular weight excluding hydrogens is 335 g/mol. The molecule has 0 saturated carbocycles. The molecule has 0 N–H and O–H groups in total. The molecule has 0 aliphatic rings. The van der Waals surface area contributed by atoms with E-state index in [1.54, 1.807) is 12.1 Å². The lowest BCUT2D eigenvalue weighted by Crippen LogP contribution is -2.30. The van der Waals surface area contributed by atoms with Crippen molar-refractivity contribution in [1.29, 1.82) is 0 Å². The van der Waals surface area contributed by atoms with Crippen molar-refractivity contribution in [3.8, 4) is 11.3 Å². The minimum absolute atomic E-state index is 0.584. The third kappa shape index (κ3) is 2.62. The van der Waals surface area contributed by atoms with Gasteiger partial charge in [0.05, 0.1) is 16.5 Å². The number of nitrogens with zero attached hydrogens (tertiary/aromatic N) is 1. The van der Waals surface area contributed by atoms with E-state index in [2.05, 4.69) is 25.1 Å². The van der Waals surface area contributed by atoms with Crippen LogP contribution in [0.15, 0.2) is 66.9 Å². The lowest BCUT2D eigenvalue weighted by molar-refractivity contribution is -0.659. The Morgan fingerprint density at radius 1 is 0.808 bits per heavy atom. The van der Waals surface area contributed by atoms with E-state index in [4.69, 9.17) is 0 Å². The Morgan fingerprint density at radius 3 is 2.35 bits per heavy atom. The largest absolute Gasteiger partial charge is 0.416 e. The van der Waals surface area contributed by atoms with Gasteiger partial charge in [0.15, 0.2) is 6.20 Å². The van der Waals surface area contributed by atoms with Crippen LogP contribution >= 0.6 is 0 Å². The molecule has 0 radical (unpaired) electrons. The van der Waals surface area contributed by atoms with Crippen LogP contribution in [0, 0.1) is 6.92 Å². The van der Waals surface area contributed by atoms with Crippen LogP contribution < -0.4 is 4.57 Å². The van der Waals surface area contributed by atoms with Crippen LogP contribution in [0.5, 0.6) is 0 Å². The number of fused-ring (bicyclic) bond motifs is 2. The topological polar surface area (TPSA) is 3.88 Å². The van der Waals surface area contributed by atoms with E-state index >= 15 is 0 Å². The number of alkyl halides is 3. The Labute approximate surface area is 149 Å². The number of aryl methyl sites for hydroxylation is 2. The minimum Gasteiger partial charge on any atom is -0.200 e. The normalized spacial score (nSPS) is 12.0. The zero-order chi connectivity index (χ0) is 18.5. The van der Waals surface area contributed by atoms with Gasteiger partial charge in [-0.25, -0.2) is 4.57 Å². The van der Waals surface area contributed by atoms with E-state index in [-0.39, 0.29) is 0 Å². The summed E-state index contributed by atoms with van der Waals surface area (Å²) in [5.41, 5.74) is 2.43. The van der Waals surface area contributed by atoms with Gasteiger partial charge in [0.2, 0.25) is 5.69 Å². The van der Waals surface area contributed by atoms with Crippen LogP contribution in [0.4, 0.5) is 13.2 Å². The molecule has 26 heavy (non-hydrogen) atoms. The van der Waals surface area contributed by atoms with Crippen molar-refractivity contribution in [1.82, 2.24) is 0 Å². The van der Waals surface area contributed by atoms with Gasteiger partial charge in [0.1, 0.15) is 7.05 Å². The average molecular weight is 352 g/mol. The summed E-state index contributed by atoms with van der Waals surface area (Å²) in [6.07, 6.45) is -2.53. The van der Waals surface area contributed by atoms with Crippen LogP contribution in [0.2, 0.25) is 0 Å². The summed E-state index contributed by atoms with van der Waals surface area (Å²) in [5, 5.41) is 3.69. The minimum atomic E-state index is -4.34. The number of rotatable bonds is 1. The van der Waals surface area contributed by atoms with E-state index in [9.17, 15) is 13.2 Å². The van der Waals surface area contributed by atoms with Crippen molar-refractivity contribution >= 4 is 21.5 Å². The van der Waals surface area contributed by atoms with Gasteiger partial charge in [-0.1, -0.05) is 30.3 Å². The second-order valence-corrected chi connectivity index (χ2v) is 6.53. The Bertz CT molecular complexity index is 1140. The third-order valence-electron chi connectivity index (χ3n) is 4.92. The summed E-state index contributed by atoms with van der Waals surface area (Å²) in [7, 11) is 1.92. The van der Waals surface area contributed by atoms with Crippen molar-refractivity contribution in [3.63, 3.8) is 0 Å². The van der Waals surface area contributed by atoms with Crippen LogP contribution in [-0.2, 0) is 13.2 Å². The fourth-order valence-corrected chi connectivity index (χ4v) is 3.57. The second-order valence-electron chi connectivity index (χ2n) is 6.53. The lowest BCUT2D eigenvalue weighted by atomic mass is 9.94. The molecule has 0 spiro atoms. The average Bonchev–Trinajstić information content (AvgIpc) is 2.62. The fraction of sp³-hybridized carbons (Fsp3) is 0.136. The molecule has 4 heteroatoms. The summed E-state index contributed by atoms with van der Waals surface area (Å²) in [6, 6.07) is 17.9. The Morgan fingerprint density at radius 2 is 1.58 bits per heavy atom. The molecule has 0 aliphatic carbocycles. The SMILES string of the molecule is Cc1c(-c2c3ccc(C(F)(F)F)cc3cc[n+]2C)ccc2ccccc12. The number of hydrogen-bond acceptors (Lipinski definition) is 0. The number of pyridine rings is 1. The molecule has 0 aliphatic heterocycles. The Hall–Kier alpha value is -2.88. The number of aromatic nitrogens is 1. The standard InChI is InChI=1S/C22H17F3N/c1-14-18-6-4-3-5-15(18)7-9-19(14)21-20-10-8-17(22(23,24)25)13-16(20)11-12-26(21)2/h3-13H,1-2H3/q+1. The van der Waals surface area contributed by atoms with E-state index in [0.717, 1.165) is 39.0 Å². The molecule has 0 saturated heterocycles. The monoisotopic (exact) mass is 352 g/mol. The van der Waals surface area contributed by atoms with Crippen LogP contribution in [0.3, 0.4) is 0 Å². The first-order chi connectivity index (χ1) is 12.4. The third-order valence-corrected chi connectivity index (χ3v) is 4.92. The molecule has 4 rings (SSSR count). The highest BCUT2D eigenvalue weighted by Crippen LogP contribution is 2.35. The predicted octanol–water partition coefficient (Wildman–Crippen LogP) is 5.81. The maximum absolute atomic E-state index is 13.1. The molecular formula is C22H17F3N+. The van der Waals surface area contributed by atoms with Gasteiger partial charge >= 0.3 is 6.18 Å². The van der Waals surface area contributed by atoms with Crippen molar-refractivity contribution in [2.45, 2.75) is 13.1 Å². The number of halogens is 3. The number of benzene rings is 3. The molecule has 0 fully saturated rings. The lowest BCUT2D eigenvalue weighted by Gasteiger charge is -2.12. The summed E-state index contributed by atoms with van der Waals surface area (Å²) in [5.74, 6) is 0. The highest BCUT2D eigenvalue weighted by atomic mass is 19.4. The molecule has 1 nitrogen and oxygen atoms in total. The zero-order valence-corrected chi connectivity index (χ0v) is 14.4.